The Morgan fingerprint density at radius 3 is 2.74 bits per heavy atom. The van der Waals surface area contributed by atoms with Crippen molar-refractivity contribution in [2.75, 3.05) is 0 Å². The number of benzene rings is 1. The highest BCUT2D eigenvalue weighted by atomic mass is 16.1. The van der Waals surface area contributed by atoms with E-state index >= 15 is 0 Å². The van der Waals surface area contributed by atoms with Gasteiger partial charge in [0, 0.05) is 29.9 Å². The second-order valence-electron chi connectivity index (χ2n) is 4.51. The fourth-order valence-electron chi connectivity index (χ4n) is 2.07. The highest BCUT2D eigenvalue weighted by Gasteiger charge is 2.15. The number of hydrogen-bond donors (Lipinski definition) is 0. The first-order valence-corrected chi connectivity index (χ1v) is 6.05. The molecule has 0 saturated carbocycles. The molecule has 3 aromatic rings. The first-order chi connectivity index (χ1) is 9.16. The molecule has 19 heavy (non-hydrogen) atoms. The SMILES string of the molecule is Cc1c(C(=O)c2cnc3ccccc3c2)cnn1C. The van der Waals surface area contributed by atoms with Crippen molar-refractivity contribution < 1.29 is 4.79 Å². The minimum absolute atomic E-state index is 0.0381. The highest BCUT2D eigenvalue weighted by molar-refractivity contribution is 6.10. The highest BCUT2D eigenvalue weighted by Crippen LogP contribution is 2.17. The molecule has 0 saturated heterocycles. The molecule has 0 unspecified atom stereocenters. The molecule has 2 heterocycles. The number of aromatic nitrogens is 3. The summed E-state index contributed by atoms with van der Waals surface area (Å²) < 4.78 is 1.70. The fourth-order valence-corrected chi connectivity index (χ4v) is 2.07. The van der Waals surface area contributed by atoms with E-state index in [0.29, 0.717) is 11.1 Å². The van der Waals surface area contributed by atoms with Crippen LogP contribution in [0.3, 0.4) is 0 Å². The smallest absolute Gasteiger partial charge is 0.198 e. The molecule has 0 aliphatic carbocycles. The average Bonchev–Trinajstić information content (AvgIpc) is 2.78. The van der Waals surface area contributed by atoms with Gasteiger partial charge in [-0.1, -0.05) is 18.2 Å². The number of rotatable bonds is 2. The third-order valence-corrected chi connectivity index (χ3v) is 3.33. The molecule has 4 nitrogen and oxygen atoms in total. The number of ketones is 1. The van der Waals surface area contributed by atoms with Gasteiger partial charge in [-0.3, -0.25) is 14.5 Å². The second-order valence-corrected chi connectivity index (χ2v) is 4.51. The number of pyridine rings is 1. The van der Waals surface area contributed by atoms with E-state index in [2.05, 4.69) is 10.1 Å². The van der Waals surface area contributed by atoms with E-state index in [1.807, 2.05) is 44.3 Å². The Morgan fingerprint density at radius 2 is 2.00 bits per heavy atom. The van der Waals surface area contributed by atoms with Crippen molar-refractivity contribution in [3.8, 4) is 0 Å². The molecule has 0 bridgehead atoms. The van der Waals surface area contributed by atoms with Crippen LogP contribution >= 0.6 is 0 Å². The van der Waals surface area contributed by atoms with Crippen molar-refractivity contribution in [2.45, 2.75) is 6.92 Å². The predicted octanol–water partition coefficient (Wildman–Crippen LogP) is 2.51. The zero-order chi connectivity index (χ0) is 13.4. The van der Waals surface area contributed by atoms with E-state index in [-0.39, 0.29) is 5.78 Å². The van der Waals surface area contributed by atoms with Crippen molar-refractivity contribution >= 4 is 16.7 Å². The number of hydrogen-bond acceptors (Lipinski definition) is 3. The summed E-state index contributed by atoms with van der Waals surface area (Å²) in [7, 11) is 1.82. The molecule has 4 heteroatoms. The molecule has 0 aliphatic heterocycles. The van der Waals surface area contributed by atoms with E-state index < -0.39 is 0 Å². The minimum atomic E-state index is -0.0381. The molecule has 2 aromatic heterocycles. The third-order valence-electron chi connectivity index (χ3n) is 3.33. The van der Waals surface area contributed by atoms with Crippen molar-refractivity contribution in [1.29, 1.82) is 0 Å². The number of carbonyl (C=O) groups is 1. The van der Waals surface area contributed by atoms with Crippen molar-refractivity contribution in [3.63, 3.8) is 0 Å². The number of carbonyl (C=O) groups excluding carboxylic acids is 1. The molecule has 0 aliphatic rings. The van der Waals surface area contributed by atoms with Gasteiger partial charge in [0.1, 0.15) is 0 Å². The quantitative estimate of drug-likeness (QED) is 0.657. The lowest BCUT2D eigenvalue weighted by atomic mass is 10.0. The first-order valence-electron chi connectivity index (χ1n) is 6.05. The normalized spacial score (nSPS) is 10.8. The van der Waals surface area contributed by atoms with Crippen LogP contribution in [0.15, 0.2) is 42.7 Å². The molecule has 0 fully saturated rings. The van der Waals surface area contributed by atoms with Crippen LogP contribution in [0.25, 0.3) is 10.9 Å². The van der Waals surface area contributed by atoms with E-state index in [4.69, 9.17) is 0 Å². The van der Waals surface area contributed by atoms with E-state index in [1.54, 1.807) is 17.1 Å². The number of aryl methyl sites for hydroxylation is 1. The maximum atomic E-state index is 12.4. The molecule has 0 N–H and O–H groups in total. The Balaban J connectivity index is 2.09. The minimum Gasteiger partial charge on any atom is -0.288 e. The summed E-state index contributed by atoms with van der Waals surface area (Å²) in [6.07, 6.45) is 3.23. The molecule has 0 atom stereocenters. The molecule has 3 rings (SSSR count). The van der Waals surface area contributed by atoms with Gasteiger partial charge < -0.3 is 0 Å². The number of nitrogens with zero attached hydrogens (tertiary/aromatic N) is 3. The molecule has 94 valence electrons. The van der Waals surface area contributed by atoms with Crippen molar-refractivity contribution in [3.05, 3.63) is 59.5 Å². The van der Waals surface area contributed by atoms with Crippen LogP contribution in [0.1, 0.15) is 21.6 Å². The number of fused-ring (bicyclic) bond motifs is 1. The van der Waals surface area contributed by atoms with Gasteiger partial charge in [-0.05, 0) is 19.1 Å². The molecular weight excluding hydrogens is 238 g/mol. The topological polar surface area (TPSA) is 47.8 Å². The van der Waals surface area contributed by atoms with Crippen LogP contribution < -0.4 is 0 Å². The summed E-state index contributed by atoms with van der Waals surface area (Å²) in [6.45, 7) is 1.88. The third kappa shape index (κ3) is 1.91. The van der Waals surface area contributed by atoms with Crippen LogP contribution in [0.5, 0.6) is 0 Å². The van der Waals surface area contributed by atoms with Gasteiger partial charge in [0.15, 0.2) is 5.78 Å². The summed E-state index contributed by atoms with van der Waals surface area (Å²) in [5, 5.41) is 5.07. The maximum absolute atomic E-state index is 12.4. The lowest BCUT2D eigenvalue weighted by Crippen LogP contribution is -2.04. The van der Waals surface area contributed by atoms with Crippen molar-refractivity contribution in [2.24, 2.45) is 7.05 Å². The average molecular weight is 251 g/mol. The fraction of sp³-hybridized carbons (Fsp3) is 0.133. The Labute approximate surface area is 110 Å². The first kappa shape index (κ1) is 11.6. The summed E-state index contributed by atoms with van der Waals surface area (Å²) in [5.41, 5.74) is 2.97. The van der Waals surface area contributed by atoms with Gasteiger partial charge >= 0.3 is 0 Å². The Kier molecular flexibility index (Phi) is 2.63. The van der Waals surface area contributed by atoms with Crippen molar-refractivity contribution in [1.82, 2.24) is 14.8 Å². The summed E-state index contributed by atoms with van der Waals surface area (Å²) in [5.74, 6) is -0.0381. The van der Waals surface area contributed by atoms with Gasteiger partial charge in [-0.15, -0.1) is 0 Å². The van der Waals surface area contributed by atoms with Crippen LogP contribution in [0.4, 0.5) is 0 Å². The molecule has 0 amide bonds. The largest absolute Gasteiger partial charge is 0.288 e. The molecule has 0 radical (unpaired) electrons. The van der Waals surface area contributed by atoms with Gasteiger partial charge in [0.2, 0.25) is 0 Å². The van der Waals surface area contributed by atoms with E-state index in [1.165, 1.54) is 0 Å². The lowest BCUT2D eigenvalue weighted by molar-refractivity contribution is 0.103. The van der Waals surface area contributed by atoms with Crippen LogP contribution in [-0.2, 0) is 7.05 Å². The van der Waals surface area contributed by atoms with Crippen LogP contribution in [0, 0.1) is 6.92 Å². The summed E-state index contributed by atoms with van der Waals surface area (Å²) in [4.78, 5) is 16.7. The molecule has 0 spiro atoms. The zero-order valence-electron chi connectivity index (χ0n) is 10.8. The maximum Gasteiger partial charge on any atom is 0.198 e. The van der Waals surface area contributed by atoms with E-state index in [9.17, 15) is 4.79 Å². The zero-order valence-corrected chi connectivity index (χ0v) is 10.8. The summed E-state index contributed by atoms with van der Waals surface area (Å²) >= 11 is 0. The van der Waals surface area contributed by atoms with Gasteiger partial charge in [0.05, 0.1) is 17.3 Å². The standard InChI is InChI=1S/C15H13N3O/c1-10-13(9-17-18(10)2)15(19)12-7-11-5-3-4-6-14(11)16-8-12/h3-9H,1-2H3. The number of para-hydroxylation sites is 1. The van der Waals surface area contributed by atoms with Gasteiger partial charge in [0.25, 0.3) is 0 Å². The molecular formula is C15H13N3O. The predicted molar refractivity (Wildman–Crippen MR) is 73.1 cm³/mol. The summed E-state index contributed by atoms with van der Waals surface area (Å²) in [6, 6.07) is 9.63. The molecule has 1 aromatic carbocycles. The Bertz CT molecular complexity index is 774. The van der Waals surface area contributed by atoms with Gasteiger partial charge in [-0.25, -0.2) is 0 Å². The monoisotopic (exact) mass is 251 g/mol. The lowest BCUT2D eigenvalue weighted by Gasteiger charge is -2.02. The Morgan fingerprint density at radius 1 is 1.21 bits per heavy atom. The van der Waals surface area contributed by atoms with Gasteiger partial charge in [-0.2, -0.15) is 5.10 Å². The van der Waals surface area contributed by atoms with Crippen LogP contribution in [-0.4, -0.2) is 20.5 Å². The second kappa shape index (κ2) is 4.31. The van der Waals surface area contributed by atoms with Crippen LogP contribution in [0.2, 0.25) is 0 Å². The van der Waals surface area contributed by atoms with E-state index in [0.717, 1.165) is 16.6 Å². The Hall–Kier alpha value is -2.49.